The summed E-state index contributed by atoms with van der Waals surface area (Å²) in [6, 6.07) is 8.45. The van der Waals surface area contributed by atoms with Crippen molar-refractivity contribution in [3.05, 3.63) is 59.7 Å². The van der Waals surface area contributed by atoms with Crippen LogP contribution >= 0.6 is 0 Å². The van der Waals surface area contributed by atoms with Gasteiger partial charge in [0.15, 0.2) is 5.78 Å². The number of nitrogens with zero attached hydrogens (tertiary/aromatic N) is 9. The summed E-state index contributed by atoms with van der Waals surface area (Å²) < 4.78 is 13.9. The number of carbonyl (C=O) groups is 4. The van der Waals surface area contributed by atoms with Crippen LogP contribution in [0.3, 0.4) is 0 Å². The van der Waals surface area contributed by atoms with Crippen LogP contribution in [0.5, 0.6) is 0 Å². The first kappa shape index (κ1) is 37.6. The Balaban J connectivity index is 0.836. The van der Waals surface area contributed by atoms with Gasteiger partial charge in [0.25, 0.3) is 11.8 Å². The van der Waals surface area contributed by atoms with Gasteiger partial charge < -0.3 is 29.2 Å². The molecule has 0 bridgehead atoms. The first-order valence-corrected chi connectivity index (χ1v) is 19.5. The van der Waals surface area contributed by atoms with E-state index in [1.54, 1.807) is 31.6 Å². The maximum absolute atomic E-state index is 13.3. The lowest BCUT2D eigenvalue weighted by Crippen LogP contribution is -2.47. The third-order valence-corrected chi connectivity index (χ3v) is 11.3. The Morgan fingerprint density at radius 1 is 0.857 bits per heavy atom. The van der Waals surface area contributed by atoms with Crippen molar-refractivity contribution in [3.63, 3.8) is 0 Å². The molecule has 16 nitrogen and oxygen atoms in total. The number of piperazine rings is 1. The molecule has 2 amide bonds. The van der Waals surface area contributed by atoms with Crippen LogP contribution in [0.2, 0.25) is 0 Å². The second-order valence-electron chi connectivity index (χ2n) is 15.2. The third-order valence-electron chi connectivity index (χ3n) is 11.3. The fraction of sp³-hybridized carbons (Fsp3) is 0.500. The minimum absolute atomic E-state index is 0.146. The molecule has 294 valence electrons. The number of carbonyl (C=O) groups excluding carboxylic acids is 4. The summed E-state index contributed by atoms with van der Waals surface area (Å²) in [5.41, 5.74) is 3.26. The van der Waals surface area contributed by atoms with Crippen molar-refractivity contribution in [2.75, 3.05) is 74.6 Å². The van der Waals surface area contributed by atoms with Crippen molar-refractivity contribution in [1.29, 1.82) is 0 Å². The maximum Gasteiger partial charge on any atom is 0.262 e. The fourth-order valence-electron chi connectivity index (χ4n) is 8.23. The second-order valence-corrected chi connectivity index (χ2v) is 15.2. The molecule has 3 fully saturated rings. The lowest BCUT2D eigenvalue weighted by molar-refractivity contribution is -0.132. The Morgan fingerprint density at radius 3 is 2.39 bits per heavy atom. The molecule has 1 aliphatic carbocycles. The number of methoxy groups -OCH3 is 1. The van der Waals surface area contributed by atoms with E-state index >= 15 is 0 Å². The van der Waals surface area contributed by atoms with Gasteiger partial charge in [-0.15, -0.1) is 0 Å². The van der Waals surface area contributed by atoms with E-state index in [4.69, 9.17) is 19.4 Å². The Morgan fingerprint density at radius 2 is 1.64 bits per heavy atom. The van der Waals surface area contributed by atoms with E-state index < -0.39 is 17.9 Å². The highest BCUT2D eigenvalue weighted by molar-refractivity contribution is 6.24. The van der Waals surface area contributed by atoms with Crippen LogP contribution in [0.1, 0.15) is 78.5 Å². The smallest absolute Gasteiger partial charge is 0.262 e. The SMILES string of the molecule is COC1CCN(c2nccc(Nc3cc4c(cn3)nc(COCCN3CCN(c5ccc6c(c5)C(=O)N(C5CCC(=O)CC5=O)C6=O)CC3)n4C(C)C)n2)CC1. The highest BCUT2D eigenvalue weighted by Crippen LogP contribution is 2.32. The number of amides is 2. The zero-order chi connectivity index (χ0) is 38.9. The molecule has 1 aromatic carbocycles. The van der Waals surface area contributed by atoms with Gasteiger partial charge >= 0.3 is 0 Å². The van der Waals surface area contributed by atoms with Crippen molar-refractivity contribution < 1.29 is 28.7 Å². The number of aromatic nitrogens is 5. The monoisotopic (exact) mass is 764 g/mol. The molecule has 0 radical (unpaired) electrons. The van der Waals surface area contributed by atoms with Gasteiger partial charge in [0.05, 0.1) is 48.0 Å². The van der Waals surface area contributed by atoms with Gasteiger partial charge in [0.1, 0.15) is 35.4 Å². The molecule has 16 heteroatoms. The topological polar surface area (TPSA) is 168 Å². The summed E-state index contributed by atoms with van der Waals surface area (Å²) >= 11 is 0. The molecule has 1 unspecified atom stereocenters. The highest BCUT2D eigenvalue weighted by Gasteiger charge is 2.44. The zero-order valence-electron chi connectivity index (χ0n) is 32.1. The van der Waals surface area contributed by atoms with Gasteiger partial charge in [-0.2, -0.15) is 4.98 Å². The molecule has 3 aliphatic heterocycles. The van der Waals surface area contributed by atoms with Crippen molar-refractivity contribution >= 4 is 57.7 Å². The van der Waals surface area contributed by atoms with E-state index in [0.29, 0.717) is 41.9 Å². The summed E-state index contributed by atoms with van der Waals surface area (Å²) in [5, 5.41) is 3.36. The number of hydrogen-bond acceptors (Lipinski definition) is 14. The minimum Gasteiger partial charge on any atom is -0.381 e. The number of Topliss-reactive ketones (excluding diaryl/α,β-unsaturated/α-hetero) is 2. The number of nitrogens with one attached hydrogen (secondary N) is 1. The van der Waals surface area contributed by atoms with Crippen molar-refractivity contribution in [1.82, 2.24) is 34.3 Å². The van der Waals surface area contributed by atoms with Crippen LogP contribution in [0.25, 0.3) is 11.0 Å². The molecule has 3 aromatic heterocycles. The lowest BCUT2D eigenvalue weighted by Gasteiger charge is -2.36. The number of anilines is 4. The molecular weight excluding hydrogens is 717 g/mol. The van der Waals surface area contributed by atoms with Crippen LogP contribution < -0.4 is 15.1 Å². The van der Waals surface area contributed by atoms with E-state index in [1.165, 1.54) is 0 Å². The molecule has 4 aromatic rings. The number of piperidine rings is 1. The largest absolute Gasteiger partial charge is 0.381 e. The van der Waals surface area contributed by atoms with Gasteiger partial charge in [-0.25, -0.2) is 15.0 Å². The van der Waals surface area contributed by atoms with Crippen molar-refractivity contribution in [2.24, 2.45) is 0 Å². The third kappa shape index (κ3) is 7.60. The van der Waals surface area contributed by atoms with E-state index in [1.807, 2.05) is 18.2 Å². The molecule has 4 aliphatic rings. The molecule has 56 heavy (non-hydrogen) atoms. The number of pyridine rings is 1. The van der Waals surface area contributed by atoms with Gasteiger partial charge in [-0.3, -0.25) is 29.0 Å². The molecule has 1 saturated carbocycles. The zero-order valence-corrected chi connectivity index (χ0v) is 32.1. The Labute approximate surface area is 325 Å². The van der Waals surface area contributed by atoms with Crippen LogP contribution in [-0.2, 0) is 25.7 Å². The molecule has 0 spiro atoms. The summed E-state index contributed by atoms with van der Waals surface area (Å²) in [7, 11) is 1.76. The van der Waals surface area contributed by atoms with Gasteiger partial charge in [-0.05, 0) is 57.4 Å². The number of ketones is 2. The molecule has 6 heterocycles. The lowest BCUT2D eigenvalue weighted by atomic mass is 9.92. The first-order valence-electron chi connectivity index (χ1n) is 19.5. The van der Waals surface area contributed by atoms with Crippen LogP contribution in [-0.4, -0.2) is 129 Å². The minimum atomic E-state index is -0.869. The highest BCUT2D eigenvalue weighted by atomic mass is 16.5. The summed E-state index contributed by atoms with van der Waals surface area (Å²) in [4.78, 5) is 77.3. The van der Waals surface area contributed by atoms with E-state index in [0.717, 1.165) is 86.1 Å². The first-order chi connectivity index (χ1) is 27.2. The number of ether oxygens (including phenoxy) is 2. The average molecular weight is 765 g/mol. The molecular formula is C40H48N10O6. The number of rotatable bonds is 12. The maximum atomic E-state index is 13.3. The van der Waals surface area contributed by atoms with Crippen molar-refractivity contribution in [3.8, 4) is 0 Å². The standard InChI is InChI=1S/C40H48N10O6/c1-25(2)49-33-22-36(44-35-8-11-41-40(45-35)48-12-9-28(55-3)10-13-48)42-23-31(33)43-37(49)24-56-19-18-46-14-16-47(17-15-46)26-4-6-29-30(20-26)39(54)50(38(29)53)32-7-5-27(51)21-34(32)52/h4,6,8,11,20,22-23,25,28,32H,5,7,9-10,12-19,21,24H2,1-3H3,(H,41,42,44,45). The number of imide groups is 1. The molecule has 2 saturated heterocycles. The molecule has 1 atom stereocenters. The predicted molar refractivity (Wildman–Crippen MR) is 208 cm³/mol. The second kappa shape index (κ2) is 16.0. The normalized spacial score (nSPS) is 19.9. The summed E-state index contributed by atoms with van der Waals surface area (Å²) in [6.07, 6.45) is 5.90. The predicted octanol–water partition coefficient (Wildman–Crippen LogP) is 3.79. The van der Waals surface area contributed by atoms with E-state index in [9.17, 15) is 19.2 Å². The summed E-state index contributed by atoms with van der Waals surface area (Å²) in [6.45, 7) is 10.8. The Bertz CT molecular complexity index is 2140. The summed E-state index contributed by atoms with van der Waals surface area (Å²) in [5.74, 6) is 1.45. The number of fused-ring (bicyclic) bond motifs is 2. The Kier molecular flexibility index (Phi) is 10.8. The van der Waals surface area contributed by atoms with Crippen molar-refractivity contribution in [2.45, 2.75) is 70.7 Å². The number of benzene rings is 1. The Hall–Kier alpha value is -5.32. The molecule has 8 rings (SSSR count). The van der Waals surface area contributed by atoms with E-state index in [2.05, 4.69) is 48.4 Å². The van der Waals surface area contributed by atoms with Gasteiger partial charge in [0.2, 0.25) is 5.95 Å². The van der Waals surface area contributed by atoms with Crippen LogP contribution in [0, 0.1) is 0 Å². The molecule has 1 N–H and O–H groups in total. The fourth-order valence-corrected chi connectivity index (χ4v) is 8.23. The quantitative estimate of drug-likeness (QED) is 0.126. The number of hydrogen-bond donors (Lipinski definition) is 1. The van der Waals surface area contributed by atoms with Crippen LogP contribution in [0.4, 0.5) is 23.3 Å². The van der Waals surface area contributed by atoms with Gasteiger partial charge in [-0.1, -0.05) is 0 Å². The van der Waals surface area contributed by atoms with Gasteiger partial charge in [0, 0.05) is 83.3 Å². The average Bonchev–Trinajstić information content (AvgIpc) is 3.69. The van der Waals surface area contributed by atoms with Crippen LogP contribution in [0.15, 0.2) is 42.7 Å². The van der Waals surface area contributed by atoms with E-state index in [-0.39, 0.29) is 43.0 Å². The number of imidazole rings is 1.